The molecule has 5 nitrogen and oxygen atoms in total. The van der Waals surface area contributed by atoms with Gasteiger partial charge in [0.15, 0.2) is 0 Å². The minimum atomic E-state index is -0.737. The third-order valence-electron chi connectivity index (χ3n) is 5.76. The van der Waals surface area contributed by atoms with Gasteiger partial charge in [-0.1, -0.05) is 50.2 Å². The third-order valence-corrected chi connectivity index (χ3v) is 5.76. The third kappa shape index (κ3) is 4.60. The number of aliphatic hydroxyl groups excluding tert-OH is 1. The van der Waals surface area contributed by atoms with E-state index in [1.165, 1.54) is 4.90 Å². The zero-order chi connectivity index (χ0) is 24.4. The van der Waals surface area contributed by atoms with Crippen LogP contribution in [-0.4, -0.2) is 23.4 Å². The van der Waals surface area contributed by atoms with Gasteiger partial charge in [0, 0.05) is 11.3 Å². The number of hydrogen-bond acceptors (Lipinski definition) is 4. The number of Topliss-reactive ketones (excluding diaryl/α,β-unsaturated/α-hetero) is 1. The summed E-state index contributed by atoms with van der Waals surface area (Å²) < 4.78 is 5.73. The van der Waals surface area contributed by atoms with E-state index >= 15 is 0 Å². The normalized spacial score (nSPS) is 17.4. The second kappa shape index (κ2) is 9.56. The number of carbonyl (C=O) groups excluding carboxylic acids is 2. The molecule has 1 aliphatic heterocycles. The number of ketones is 1. The molecule has 0 spiro atoms. The summed E-state index contributed by atoms with van der Waals surface area (Å²) in [4.78, 5) is 28.0. The van der Waals surface area contributed by atoms with E-state index in [1.54, 1.807) is 24.3 Å². The molecule has 3 aromatic rings. The summed E-state index contributed by atoms with van der Waals surface area (Å²) in [6.07, 6.45) is 0. The van der Waals surface area contributed by atoms with Gasteiger partial charge in [-0.05, 0) is 72.9 Å². The van der Waals surface area contributed by atoms with Crippen molar-refractivity contribution in [3.63, 3.8) is 0 Å². The molecular weight excluding hydrogens is 426 g/mol. The van der Waals surface area contributed by atoms with Crippen LogP contribution < -0.4 is 9.64 Å². The maximum absolute atomic E-state index is 13.3. The monoisotopic (exact) mass is 455 g/mol. The van der Waals surface area contributed by atoms with Crippen LogP contribution in [0.15, 0.2) is 78.4 Å². The van der Waals surface area contributed by atoms with Gasteiger partial charge in [-0.2, -0.15) is 0 Å². The highest BCUT2D eigenvalue weighted by Gasteiger charge is 2.47. The summed E-state index contributed by atoms with van der Waals surface area (Å²) >= 11 is 0. The fourth-order valence-corrected chi connectivity index (χ4v) is 4.27. The molecule has 0 saturated carbocycles. The lowest BCUT2D eigenvalue weighted by Gasteiger charge is -2.26. The van der Waals surface area contributed by atoms with Crippen molar-refractivity contribution in [2.24, 2.45) is 5.92 Å². The Bertz CT molecular complexity index is 1220. The van der Waals surface area contributed by atoms with Gasteiger partial charge < -0.3 is 9.84 Å². The van der Waals surface area contributed by atoms with E-state index in [-0.39, 0.29) is 11.3 Å². The summed E-state index contributed by atoms with van der Waals surface area (Å²) in [6, 6.07) is 21.3. The molecule has 0 aromatic heterocycles. The Kier molecular flexibility index (Phi) is 6.55. The average molecular weight is 456 g/mol. The lowest BCUT2D eigenvalue weighted by molar-refractivity contribution is -0.132. The number of ether oxygens (including phenoxy) is 1. The molecule has 0 aliphatic carbocycles. The smallest absolute Gasteiger partial charge is 0.300 e. The van der Waals surface area contributed by atoms with Crippen molar-refractivity contribution in [1.29, 1.82) is 0 Å². The molecule has 5 heteroatoms. The maximum Gasteiger partial charge on any atom is 0.300 e. The fourth-order valence-electron chi connectivity index (χ4n) is 4.27. The predicted molar refractivity (Wildman–Crippen MR) is 134 cm³/mol. The molecule has 1 aliphatic rings. The lowest BCUT2D eigenvalue weighted by atomic mass is 9.95. The molecule has 1 unspecified atom stereocenters. The zero-order valence-corrected chi connectivity index (χ0v) is 19.9. The van der Waals surface area contributed by atoms with Crippen LogP contribution >= 0.6 is 0 Å². The second-order valence-corrected chi connectivity index (χ2v) is 9.15. The predicted octanol–water partition coefficient (Wildman–Crippen LogP) is 5.96. The Morgan fingerprint density at radius 2 is 1.56 bits per heavy atom. The van der Waals surface area contributed by atoms with E-state index in [4.69, 9.17) is 4.74 Å². The van der Waals surface area contributed by atoms with E-state index in [1.807, 2.05) is 62.4 Å². The molecular formula is C29H29NO4. The first-order valence-electron chi connectivity index (χ1n) is 11.4. The Labute approximate surface area is 200 Å². The Hall–Kier alpha value is -3.86. The standard InChI is InChI=1S/C29H29NO4/c1-18(2)17-34-24-12-10-22(11-13-24)27(31)25-26(21-8-6-5-7-9-21)30(29(33)28(25)32)23-15-19(3)14-20(4)16-23/h5-16,18,26,31H,17H2,1-4H3/b27-25+. The molecule has 1 atom stereocenters. The topological polar surface area (TPSA) is 66.8 Å². The molecule has 3 aromatic carbocycles. The first kappa shape index (κ1) is 23.3. The number of carbonyl (C=O) groups is 2. The number of amides is 1. The minimum absolute atomic E-state index is 0.0752. The van der Waals surface area contributed by atoms with E-state index in [0.717, 1.165) is 16.7 Å². The minimum Gasteiger partial charge on any atom is -0.507 e. The van der Waals surface area contributed by atoms with E-state index < -0.39 is 17.7 Å². The van der Waals surface area contributed by atoms with Crippen LogP contribution in [0.5, 0.6) is 5.75 Å². The van der Waals surface area contributed by atoms with Gasteiger partial charge in [0.2, 0.25) is 0 Å². The SMILES string of the molecule is Cc1cc(C)cc(N2C(=O)C(=O)/C(=C(/O)c3ccc(OCC(C)C)cc3)C2c2ccccc2)c1. The Balaban J connectivity index is 1.82. The van der Waals surface area contributed by atoms with Crippen molar-refractivity contribution >= 4 is 23.1 Å². The van der Waals surface area contributed by atoms with E-state index in [0.29, 0.717) is 29.5 Å². The van der Waals surface area contributed by atoms with Gasteiger partial charge in [0.1, 0.15) is 11.5 Å². The Morgan fingerprint density at radius 1 is 0.941 bits per heavy atom. The molecule has 174 valence electrons. The van der Waals surface area contributed by atoms with Crippen molar-refractivity contribution in [3.8, 4) is 5.75 Å². The summed E-state index contributed by atoms with van der Waals surface area (Å²) in [5.41, 5.74) is 3.88. The van der Waals surface area contributed by atoms with Crippen molar-refractivity contribution in [2.75, 3.05) is 11.5 Å². The molecule has 1 saturated heterocycles. The summed E-state index contributed by atoms with van der Waals surface area (Å²) in [5.74, 6) is -0.488. The highest BCUT2D eigenvalue weighted by Crippen LogP contribution is 2.42. The van der Waals surface area contributed by atoms with Crippen molar-refractivity contribution < 1.29 is 19.4 Å². The highest BCUT2D eigenvalue weighted by molar-refractivity contribution is 6.51. The second-order valence-electron chi connectivity index (χ2n) is 9.15. The van der Waals surface area contributed by atoms with Gasteiger partial charge in [0.25, 0.3) is 11.7 Å². The largest absolute Gasteiger partial charge is 0.507 e. The summed E-state index contributed by atoms with van der Waals surface area (Å²) in [5, 5.41) is 11.3. The molecule has 34 heavy (non-hydrogen) atoms. The fraction of sp³-hybridized carbons (Fsp3) is 0.241. The van der Waals surface area contributed by atoms with Crippen LogP contribution in [0.3, 0.4) is 0 Å². The quantitative estimate of drug-likeness (QED) is 0.283. The molecule has 0 bridgehead atoms. The van der Waals surface area contributed by atoms with Gasteiger partial charge in [0.05, 0.1) is 18.2 Å². The van der Waals surface area contributed by atoms with Crippen LogP contribution in [0.2, 0.25) is 0 Å². The van der Waals surface area contributed by atoms with Gasteiger partial charge in [-0.25, -0.2) is 0 Å². The number of aryl methyl sites for hydroxylation is 2. The number of anilines is 1. The number of rotatable bonds is 6. The van der Waals surface area contributed by atoms with Gasteiger partial charge >= 0.3 is 0 Å². The molecule has 1 heterocycles. The van der Waals surface area contributed by atoms with E-state index in [2.05, 4.69) is 13.8 Å². The van der Waals surface area contributed by atoms with Crippen molar-refractivity contribution in [1.82, 2.24) is 0 Å². The first-order chi connectivity index (χ1) is 16.3. The number of nitrogens with zero attached hydrogens (tertiary/aromatic N) is 1. The van der Waals surface area contributed by atoms with Crippen LogP contribution in [0.1, 0.15) is 42.1 Å². The molecule has 1 N–H and O–H groups in total. The summed E-state index contributed by atoms with van der Waals surface area (Å²) in [7, 11) is 0. The molecule has 1 amide bonds. The van der Waals surface area contributed by atoms with Crippen LogP contribution in [-0.2, 0) is 9.59 Å². The summed E-state index contributed by atoms with van der Waals surface area (Å²) in [6.45, 7) is 8.62. The zero-order valence-electron chi connectivity index (χ0n) is 19.9. The first-order valence-corrected chi connectivity index (χ1v) is 11.4. The Morgan fingerprint density at radius 3 is 2.15 bits per heavy atom. The van der Waals surface area contributed by atoms with Crippen molar-refractivity contribution in [2.45, 2.75) is 33.7 Å². The van der Waals surface area contributed by atoms with Crippen LogP contribution in [0, 0.1) is 19.8 Å². The van der Waals surface area contributed by atoms with Crippen LogP contribution in [0.4, 0.5) is 5.69 Å². The highest BCUT2D eigenvalue weighted by atomic mass is 16.5. The van der Waals surface area contributed by atoms with Crippen LogP contribution in [0.25, 0.3) is 5.76 Å². The van der Waals surface area contributed by atoms with Gasteiger partial charge in [-0.3, -0.25) is 14.5 Å². The number of aliphatic hydroxyl groups is 1. The van der Waals surface area contributed by atoms with Gasteiger partial charge in [-0.15, -0.1) is 0 Å². The molecule has 1 fully saturated rings. The number of benzene rings is 3. The average Bonchev–Trinajstić information content (AvgIpc) is 3.08. The maximum atomic E-state index is 13.3. The molecule has 0 radical (unpaired) electrons. The lowest BCUT2D eigenvalue weighted by Crippen LogP contribution is -2.29. The number of hydrogen-bond donors (Lipinski definition) is 1. The van der Waals surface area contributed by atoms with Crippen molar-refractivity contribution in [3.05, 3.63) is 101 Å². The van der Waals surface area contributed by atoms with E-state index in [9.17, 15) is 14.7 Å². The molecule has 4 rings (SSSR count).